The van der Waals surface area contributed by atoms with Crippen LogP contribution in [0.2, 0.25) is 0 Å². The van der Waals surface area contributed by atoms with Gasteiger partial charge in [0.05, 0.1) is 11.0 Å². The third kappa shape index (κ3) is 3.75. The van der Waals surface area contributed by atoms with Gasteiger partial charge >= 0.3 is 5.97 Å². The van der Waals surface area contributed by atoms with E-state index in [0.717, 1.165) is 31.4 Å². The van der Waals surface area contributed by atoms with Gasteiger partial charge in [0.15, 0.2) is 0 Å². The van der Waals surface area contributed by atoms with Crippen LogP contribution in [-0.4, -0.2) is 30.2 Å². The molecule has 6 nitrogen and oxygen atoms in total. The number of ether oxygens (including phenoxy) is 2. The van der Waals surface area contributed by atoms with Gasteiger partial charge in [0.2, 0.25) is 0 Å². The van der Waals surface area contributed by atoms with E-state index >= 15 is 0 Å². The maximum atomic E-state index is 13.9. The molecule has 0 saturated carbocycles. The number of benzene rings is 1. The first kappa shape index (κ1) is 15.4. The molecule has 21 heavy (non-hydrogen) atoms. The molecule has 0 spiro atoms. The smallest absolute Gasteiger partial charge is 0.341 e. The maximum absolute atomic E-state index is 13.9. The van der Waals surface area contributed by atoms with Gasteiger partial charge in [-0.2, -0.15) is 0 Å². The van der Waals surface area contributed by atoms with Crippen molar-refractivity contribution in [1.82, 2.24) is 0 Å². The zero-order valence-corrected chi connectivity index (χ0v) is 11.6. The van der Waals surface area contributed by atoms with Gasteiger partial charge in [-0.15, -0.1) is 0 Å². The maximum Gasteiger partial charge on any atom is 0.341 e. The second-order valence-corrected chi connectivity index (χ2v) is 4.97. The Labute approximate surface area is 121 Å². The summed E-state index contributed by atoms with van der Waals surface area (Å²) in [6.45, 7) is 2.01. The molecular formula is C14H16FNO5. The minimum atomic E-state index is -0.909. The van der Waals surface area contributed by atoms with Gasteiger partial charge in [0, 0.05) is 18.7 Å². The van der Waals surface area contributed by atoms with E-state index in [4.69, 9.17) is 9.47 Å². The zero-order chi connectivity index (χ0) is 15.4. The predicted molar refractivity (Wildman–Crippen MR) is 71.7 cm³/mol. The summed E-state index contributed by atoms with van der Waals surface area (Å²) in [7, 11) is 0. The Morgan fingerprint density at radius 2 is 2.29 bits per heavy atom. The van der Waals surface area contributed by atoms with Crippen LogP contribution in [-0.2, 0) is 9.47 Å². The standard InChI is InChI=1S/C14H16FNO5/c1-9-6-10(16(18)19)7-12(13(9)15)14(17)21-8-11-4-2-3-5-20-11/h6-7,11H,2-5,8H2,1H3. The second kappa shape index (κ2) is 6.62. The van der Waals surface area contributed by atoms with E-state index in [0.29, 0.717) is 6.61 Å². The topological polar surface area (TPSA) is 78.7 Å². The van der Waals surface area contributed by atoms with E-state index in [1.807, 2.05) is 0 Å². The molecule has 1 aliphatic heterocycles. The Bertz CT molecular complexity index is 555. The van der Waals surface area contributed by atoms with Crippen molar-refractivity contribution in [2.24, 2.45) is 0 Å². The van der Waals surface area contributed by atoms with Crippen molar-refractivity contribution in [2.75, 3.05) is 13.2 Å². The fraction of sp³-hybridized carbons (Fsp3) is 0.500. The molecule has 0 bridgehead atoms. The van der Waals surface area contributed by atoms with Gasteiger partial charge in [0.1, 0.15) is 18.0 Å². The number of rotatable bonds is 4. The van der Waals surface area contributed by atoms with Crippen molar-refractivity contribution in [3.05, 3.63) is 39.2 Å². The molecule has 0 aromatic heterocycles. The summed E-state index contributed by atoms with van der Waals surface area (Å²) >= 11 is 0. The van der Waals surface area contributed by atoms with E-state index in [1.54, 1.807) is 0 Å². The summed E-state index contributed by atoms with van der Waals surface area (Å²) in [6.07, 6.45) is 2.56. The van der Waals surface area contributed by atoms with Gasteiger partial charge in [0.25, 0.3) is 5.69 Å². The molecule has 1 atom stereocenters. The van der Waals surface area contributed by atoms with Crippen molar-refractivity contribution >= 4 is 11.7 Å². The molecule has 7 heteroatoms. The molecule has 0 aliphatic carbocycles. The minimum Gasteiger partial charge on any atom is -0.459 e. The third-order valence-electron chi connectivity index (χ3n) is 3.34. The molecule has 1 unspecified atom stereocenters. The Morgan fingerprint density at radius 3 is 2.90 bits per heavy atom. The van der Waals surface area contributed by atoms with Crippen molar-refractivity contribution in [1.29, 1.82) is 0 Å². The Morgan fingerprint density at radius 1 is 1.52 bits per heavy atom. The van der Waals surface area contributed by atoms with E-state index < -0.39 is 22.3 Å². The highest BCUT2D eigenvalue weighted by Gasteiger charge is 2.22. The number of nitrogens with zero attached hydrogens (tertiary/aromatic N) is 1. The summed E-state index contributed by atoms with van der Waals surface area (Å²) in [5.74, 6) is -1.70. The number of halogens is 1. The summed E-state index contributed by atoms with van der Waals surface area (Å²) in [5.41, 5.74) is -0.725. The van der Waals surface area contributed by atoms with E-state index in [2.05, 4.69) is 0 Å². The van der Waals surface area contributed by atoms with E-state index in [1.165, 1.54) is 6.92 Å². The zero-order valence-electron chi connectivity index (χ0n) is 11.6. The fourth-order valence-electron chi connectivity index (χ4n) is 2.19. The Hall–Kier alpha value is -2.02. The lowest BCUT2D eigenvalue weighted by atomic mass is 10.1. The van der Waals surface area contributed by atoms with Gasteiger partial charge in [-0.1, -0.05) is 0 Å². The molecule has 114 valence electrons. The molecule has 1 aliphatic rings. The number of nitro benzene ring substituents is 1. The Balaban J connectivity index is 2.09. The number of non-ortho nitro benzene ring substituents is 1. The second-order valence-electron chi connectivity index (χ2n) is 4.97. The predicted octanol–water partition coefficient (Wildman–Crippen LogP) is 2.77. The molecule has 1 aromatic rings. The number of esters is 1. The van der Waals surface area contributed by atoms with Crippen LogP contribution in [0.1, 0.15) is 35.2 Å². The summed E-state index contributed by atoms with van der Waals surface area (Å²) in [5, 5.41) is 10.8. The number of aryl methyl sites for hydroxylation is 1. The normalized spacial score (nSPS) is 18.3. The van der Waals surface area contributed by atoms with Gasteiger partial charge in [-0.3, -0.25) is 10.1 Å². The molecule has 1 heterocycles. The number of carbonyl (C=O) groups is 1. The molecule has 0 radical (unpaired) electrons. The van der Waals surface area contributed by atoms with Crippen molar-refractivity contribution in [3.8, 4) is 0 Å². The molecule has 0 N–H and O–H groups in total. The van der Waals surface area contributed by atoms with Gasteiger partial charge in [-0.05, 0) is 31.7 Å². The highest BCUT2D eigenvalue weighted by molar-refractivity contribution is 5.90. The largest absolute Gasteiger partial charge is 0.459 e. The summed E-state index contributed by atoms with van der Waals surface area (Å²) < 4.78 is 24.3. The first-order valence-corrected chi connectivity index (χ1v) is 6.72. The SMILES string of the molecule is Cc1cc([N+](=O)[O-])cc(C(=O)OCC2CCCCO2)c1F. The number of hydrogen-bond donors (Lipinski definition) is 0. The summed E-state index contributed by atoms with van der Waals surface area (Å²) in [4.78, 5) is 22.0. The molecule has 0 amide bonds. The Kier molecular flexibility index (Phi) is 4.85. The highest BCUT2D eigenvalue weighted by Crippen LogP contribution is 2.22. The number of hydrogen-bond acceptors (Lipinski definition) is 5. The van der Waals surface area contributed by atoms with Crippen molar-refractivity contribution in [2.45, 2.75) is 32.3 Å². The minimum absolute atomic E-state index is 0.0278. The monoisotopic (exact) mass is 297 g/mol. The molecular weight excluding hydrogens is 281 g/mol. The lowest BCUT2D eigenvalue weighted by Gasteiger charge is -2.22. The molecule has 2 rings (SSSR count). The quantitative estimate of drug-likeness (QED) is 0.485. The van der Waals surface area contributed by atoms with Crippen molar-refractivity contribution in [3.63, 3.8) is 0 Å². The fourth-order valence-corrected chi connectivity index (χ4v) is 2.19. The molecule has 1 fully saturated rings. The molecule has 1 aromatic carbocycles. The average Bonchev–Trinajstić information content (AvgIpc) is 2.48. The number of nitro groups is 1. The first-order chi connectivity index (χ1) is 9.99. The van der Waals surface area contributed by atoms with Crippen LogP contribution < -0.4 is 0 Å². The van der Waals surface area contributed by atoms with Crippen LogP contribution in [0.15, 0.2) is 12.1 Å². The number of carbonyl (C=O) groups excluding carboxylic acids is 1. The van der Waals surface area contributed by atoms with Crippen molar-refractivity contribution < 1.29 is 23.6 Å². The van der Waals surface area contributed by atoms with Crippen LogP contribution in [0.3, 0.4) is 0 Å². The van der Waals surface area contributed by atoms with Crippen LogP contribution in [0.25, 0.3) is 0 Å². The lowest BCUT2D eigenvalue weighted by Crippen LogP contribution is -2.26. The highest BCUT2D eigenvalue weighted by atomic mass is 19.1. The van der Waals surface area contributed by atoms with Crippen LogP contribution in [0.4, 0.5) is 10.1 Å². The van der Waals surface area contributed by atoms with Gasteiger partial charge in [-0.25, -0.2) is 9.18 Å². The summed E-state index contributed by atoms with van der Waals surface area (Å²) in [6, 6.07) is 1.97. The average molecular weight is 297 g/mol. The van der Waals surface area contributed by atoms with E-state index in [9.17, 15) is 19.3 Å². The van der Waals surface area contributed by atoms with Crippen LogP contribution in [0.5, 0.6) is 0 Å². The van der Waals surface area contributed by atoms with Crippen LogP contribution in [0, 0.1) is 22.9 Å². The molecule has 1 saturated heterocycles. The first-order valence-electron chi connectivity index (χ1n) is 6.72. The third-order valence-corrected chi connectivity index (χ3v) is 3.34. The lowest BCUT2D eigenvalue weighted by molar-refractivity contribution is -0.385. The van der Waals surface area contributed by atoms with E-state index in [-0.39, 0.29) is 24.0 Å². The van der Waals surface area contributed by atoms with Gasteiger partial charge < -0.3 is 9.47 Å². The van der Waals surface area contributed by atoms with Crippen LogP contribution >= 0.6 is 0 Å².